The number of benzene rings is 2. The Bertz CT molecular complexity index is 873. The zero-order valence-corrected chi connectivity index (χ0v) is 17.0. The molecule has 2 amide bonds. The number of unbranched alkanes of at least 4 members (excludes halogenated alkanes) is 1. The van der Waals surface area contributed by atoms with Gasteiger partial charge in [-0.15, -0.1) is 0 Å². The summed E-state index contributed by atoms with van der Waals surface area (Å²) < 4.78 is 5.36. The van der Waals surface area contributed by atoms with Gasteiger partial charge in [-0.05, 0) is 36.5 Å². The molecule has 0 radical (unpaired) electrons. The maximum absolute atomic E-state index is 13.6. The largest absolute Gasteiger partial charge is 0.449 e. The Morgan fingerprint density at radius 1 is 1.03 bits per heavy atom. The van der Waals surface area contributed by atoms with E-state index in [1.807, 2.05) is 41.3 Å². The second kappa shape index (κ2) is 8.27. The first kappa shape index (κ1) is 19.5. The van der Waals surface area contributed by atoms with Crippen molar-refractivity contribution in [1.82, 2.24) is 4.90 Å². The summed E-state index contributed by atoms with van der Waals surface area (Å²) in [4.78, 5) is 29.6. The van der Waals surface area contributed by atoms with E-state index in [4.69, 9.17) is 4.74 Å². The summed E-state index contributed by atoms with van der Waals surface area (Å²) in [5.41, 5.74) is 2.68. The Hall–Kier alpha value is -2.82. The van der Waals surface area contributed by atoms with Crippen molar-refractivity contribution >= 4 is 17.7 Å². The molecule has 4 rings (SSSR count). The number of carbonyl (C=O) groups is 2. The van der Waals surface area contributed by atoms with Gasteiger partial charge in [0.25, 0.3) is 0 Å². The van der Waals surface area contributed by atoms with Gasteiger partial charge in [0.15, 0.2) is 0 Å². The predicted octanol–water partition coefficient (Wildman–Crippen LogP) is 4.50. The van der Waals surface area contributed by atoms with Crippen molar-refractivity contribution in [3.8, 4) is 0 Å². The molecule has 2 aliphatic heterocycles. The van der Waals surface area contributed by atoms with Crippen LogP contribution >= 0.6 is 0 Å². The summed E-state index contributed by atoms with van der Waals surface area (Å²) in [7, 11) is 0. The van der Waals surface area contributed by atoms with Crippen LogP contribution in [0.1, 0.15) is 43.7 Å². The van der Waals surface area contributed by atoms with Crippen LogP contribution < -0.4 is 4.90 Å². The van der Waals surface area contributed by atoms with Crippen LogP contribution in [-0.2, 0) is 21.5 Å². The molecule has 5 nitrogen and oxygen atoms in total. The van der Waals surface area contributed by atoms with E-state index in [9.17, 15) is 9.59 Å². The van der Waals surface area contributed by atoms with Crippen LogP contribution in [0.4, 0.5) is 10.5 Å². The molecule has 0 aliphatic carbocycles. The van der Waals surface area contributed by atoms with Crippen LogP contribution in [0.15, 0.2) is 54.6 Å². The Morgan fingerprint density at radius 2 is 1.72 bits per heavy atom. The van der Waals surface area contributed by atoms with Gasteiger partial charge in [0.05, 0.1) is 18.6 Å². The van der Waals surface area contributed by atoms with Gasteiger partial charge in [0, 0.05) is 18.8 Å². The van der Waals surface area contributed by atoms with Gasteiger partial charge >= 0.3 is 6.09 Å². The van der Waals surface area contributed by atoms with E-state index < -0.39 is 5.41 Å². The maximum Gasteiger partial charge on any atom is 0.409 e. The lowest BCUT2D eigenvalue weighted by Gasteiger charge is -2.38. The Kier molecular flexibility index (Phi) is 5.56. The summed E-state index contributed by atoms with van der Waals surface area (Å²) in [5, 5.41) is 0. The van der Waals surface area contributed by atoms with Crippen molar-refractivity contribution in [2.24, 2.45) is 0 Å². The molecule has 0 bridgehead atoms. The van der Waals surface area contributed by atoms with Crippen LogP contribution in [0.3, 0.4) is 0 Å². The van der Waals surface area contributed by atoms with Crippen LogP contribution in [0.2, 0.25) is 0 Å². The molecule has 1 spiro atoms. The highest BCUT2D eigenvalue weighted by atomic mass is 16.6. The standard InChI is InChI=1S/C24H28N2O3/c1-2-3-17-29-23(28)25-15-13-24(14-16-25)20-11-7-8-12-21(20)26(22(24)27)18-19-9-5-4-6-10-19/h4-12H,2-3,13-18H2,1H3. The summed E-state index contributed by atoms with van der Waals surface area (Å²) in [6, 6.07) is 18.2. The normalized spacial score (nSPS) is 17.5. The number of rotatable bonds is 5. The summed E-state index contributed by atoms with van der Waals surface area (Å²) >= 11 is 0. The minimum absolute atomic E-state index is 0.154. The summed E-state index contributed by atoms with van der Waals surface area (Å²) in [6.45, 7) is 4.20. The molecular formula is C24H28N2O3. The minimum Gasteiger partial charge on any atom is -0.449 e. The third kappa shape index (κ3) is 3.61. The SMILES string of the molecule is CCCCOC(=O)N1CCC2(CC1)C(=O)N(Cc1ccccc1)c1ccccc12. The van der Waals surface area contributed by atoms with E-state index in [0.29, 0.717) is 39.1 Å². The molecule has 29 heavy (non-hydrogen) atoms. The molecule has 0 unspecified atom stereocenters. The lowest BCUT2D eigenvalue weighted by Crippen LogP contribution is -2.50. The first-order valence-corrected chi connectivity index (χ1v) is 10.5. The number of piperidine rings is 1. The predicted molar refractivity (Wildman–Crippen MR) is 113 cm³/mol. The first-order valence-electron chi connectivity index (χ1n) is 10.5. The molecule has 0 saturated carbocycles. The maximum atomic E-state index is 13.6. The lowest BCUT2D eigenvalue weighted by molar-refractivity contribution is -0.124. The van der Waals surface area contributed by atoms with Gasteiger partial charge < -0.3 is 14.5 Å². The van der Waals surface area contributed by atoms with Gasteiger partial charge in [-0.1, -0.05) is 61.9 Å². The number of nitrogens with zero attached hydrogens (tertiary/aromatic N) is 2. The molecule has 152 valence electrons. The topological polar surface area (TPSA) is 49.9 Å². The molecular weight excluding hydrogens is 364 g/mol. The Balaban J connectivity index is 1.52. The molecule has 2 heterocycles. The van der Waals surface area contributed by atoms with Crippen LogP contribution in [0, 0.1) is 0 Å². The average Bonchev–Trinajstić information content (AvgIpc) is 2.98. The molecule has 2 aliphatic rings. The average molecular weight is 392 g/mol. The number of fused-ring (bicyclic) bond motifs is 2. The molecule has 1 saturated heterocycles. The van der Waals surface area contributed by atoms with Crippen molar-refractivity contribution in [3.05, 3.63) is 65.7 Å². The zero-order valence-electron chi connectivity index (χ0n) is 17.0. The van der Waals surface area contributed by atoms with Crippen molar-refractivity contribution in [1.29, 1.82) is 0 Å². The molecule has 2 aromatic rings. The highest BCUT2D eigenvalue weighted by Gasteiger charge is 2.52. The second-order valence-electron chi connectivity index (χ2n) is 7.93. The van der Waals surface area contributed by atoms with Gasteiger partial charge in [0.1, 0.15) is 0 Å². The smallest absolute Gasteiger partial charge is 0.409 e. The monoisotopic (exact) mass is 392 g/mol. The minimum atomic E-state index is -0.536. The third-order valence-electron chi connectivity index (χ3n) is 6.15. The van der Waals surface area contributed by atoms with Crippen LogP contribution in [0.25, 0.3) is 0 Å². The molecule has 0 aromatic heterocycles. The fourth-order valence-corrected chi connectivity index (χ4v) is 4.47. The lowest BCUT2D eigenvalue weighted by atomic mass is 9.73. The quantitative estimate of drug-likeness (QED) is 0.704. The third-order valence-corrected chi connectivity index (χ3v) is 6.15. The summed E-state index contributed by atoms with van der Waals surface area (Å²) in [6.07, 6.45) is 2.89. The molecule has 0 N–H and O–H groups in total. The van der Waals surface area contributed by atoms with Crippen molar-refractivity contribution in [2.75, 3.05) is 24.6 Å². The fourth-order valence-electron chi connectivity index (χ4n) is 4.47. The van der Waals surface area contributed by atoms with E-state index in [-0.39, 0.29) is 12.0 Å². The summed E-state index contributed by atoms with van der Waals surface area (Å²) in [5.74, 6) is 0.154. The van der Waals surface area contributed by atoms with Crippen LogP contribution in [0.5, 0.6) is 0 Å². The fraction of sp³-hybridized carbons (Fsp3) is 0.417. The van der Waals surface area contributed by atoms with Gasteiger partial charge in [-0.25, -0.2) is 4.79 Å². The molecule has 0 atom stereocenters. The number of hydrogen-bond donors (Lipinski definition) is 0. The number of likely N-dealkylation sites (tertiary alicyclic amines) is 1. The zero-order chi connectivity index (χ0) is 20.3. The highest BCUT2D eigenvalue weighted by molar-refractivity contribution is 6.08. The van der Waals surface area contributed by atoms with E-state index in [1.54, 1.807) is 4.90 Å². The number of anilines is 1. The van der Waals surface area contributed by atoms with E-state index in [2.05, 4.69) is 25.1 Å². The van der Waals surface area contributed by atoms with E-state index >= 15 is 0 Å². The van der Waals surface area contributed by atoms with E-state index in [0.717, 1.165) is 29.7 Å². The van der Waals surface area contributed by atoms with Crippen molar-refractivity contribution < 1.29 is 14.3 Å². The molecule has 2 aromatic carbocycles. The van der Waals surface area contributed by atoms with Crippen LogP contribution in [-0.4, -0.2) is 36.6 Å². The van der Waals surface area contributed by atoms with Gasteiger partial charge in [-0.2, -0.15) is 0 Å². The molecule has 1 fully saturated rings. The van der Waals surface area contributed by atoms with E-state index in [1.165, 1.54) is 0 Å². The molecule has 5 heteroatoms. The highest BCUT2D eigenvalue weighted by Crippen LogP contribution is 2.48. The Labute approximate surface area is 172 Å². The van der Waals surface area contributed by atoms with Crippen molar-refractivity contribution in [2.45, 2.75) is 44.6 Å². The van der Waals surface area contributed by atoms with Crippen molar-refractivity contribution in [3.63, 3.8) is 0 Å². The number of ether oxygens (including phenoxy) is 1. The van der Waals surface area contributed by atoms with Gasteiger partial charge in [0.2, 0.25) is 5.91 Å². The van der Waals surface area contributed by atoms with Gasteiger partial charge in [-0.3, -0.25) is 4.79 Å². The second-order valence-corrected chi connectivity index (χ2v) is 7.93. The first-order chi connectivity index (χ1) is 14.2. The number of hydrogen-bond acceptors (Lipinski definition) is 3. The Morgan fingerprint density at radius 3 is 2.45 bits per heavy atom. The number of carbonyl (C=O) groups excluding carboxylic acids is 2. The number of amides is 2. The number of para-hydroxylation sites is 1.